The third-order valence-corrected chi connectivity index (χ3v) is 4.18. The number of primary amides is 1. The van der Waals surface area contributed by atoms with Gasteiger partial charge in [0.2, 0.25) is 5.91 Å². The van der Waals surface area contributed by atoms with Crippen LogP contribution in [0.1, 0.15) is 39.5 Å². The third-order valence-electron chi connectivity index (χ3n) is 4.18. The number of carbonyl (C=O) groups excluding carboxylic acids is 1. The van der Waals surface area contributed by atoms with E-state index in [0.29, 0.717) is 18.5 Å². The van der Waals surface area contributed by atoms with Gasteiger partial charge >= 0.3 is 0 Å². The number of carbonyl (C=O) groups is 1. The minimum Gasteiger partial charge on any atom is -0.369 e. The molecule has 4 heteroatoms. The highest BCUT2D eigenvalue weighted by atomic mass is 19.1. The first-order valence-electron chi connectivity index (χ1n) is 6.67. The Labute approximate surface area is 113 Å². The standard InChI is InChI=1S/C15H21FN2O/c1-14(2)7-9-15(10-8-14,13(17)19)18-12-6-4-3-5-11(12)16/h3-6,18H,7-10H2,1-2H3,(H2,17,19). The summed E-state index contributed by atoms with van der Waals surface area (Å²) in [6, 6.07) is 6.39. The number of para-hydroxylation sites is 1. The molecular formula is C15H21FN2O. The number of hydrogen-bond acceptors (Lipinski definition) is 2. The Bertz CT molecular complexity index is 475. The molecule has 2 rings (SSSR count). The quantitative estimate of drug-likeness (QED) is 0.881. The number of anilines is 1. The molecule has 0 radical (unpaired) electrons. The molecule has 0 aromatic heterocycles. The molecule has 1 aromatic rings. The number of nitrogens with two attached hydrogens (primary N) is 1. The second kappa shape index (κ2) is 4.83. The molecule has 19 heavy (non-hydrogen) atoms. The molecule has 104 valence electrons. The van der Waals surface area contributed by atoms with Gasteiger partial charge in [0.15, 0.2) is 0 Å². The number of rotatable bonds is 3. The van der Waals surface area contributed by atoms with Gasteiger partial charge in [-0.05, 0) is 43.2 Å². The predicted octanol–water partition coefficient (Wildman–Crippen LogP) is 3.06. The molecular weight excluding hydrogens is 243 g/mol. The zero-order chi connectivity index (χ0) is 14.1. The Morgan fingerprint density at radius 2 is 1.79 bits per heavy atom. The van der Waals surface area contributed by atoms with Crippen LogP contribution in [-0.2, 0) is 4.79 Å². The Morgan fingerprint density at radius 3 is 2.32 bits per heavy atom. The zero-order valence-electron chi connectivity index (χ0n) is 11.5. The number of benzene rings is 1. The fraction of sp³-hybridized carbons (Fsp3) is 0.533. The Hall–Kier alpha value is -1.58. The van der Waals surface area contributed by atoms with Crippen molar-refractivity contribution in [3.63, 3.8) is 0 Å². The van der Waals surface area contributed by atoms with E-state index in [1.54, 1.807) is 18.2 Å². The topological polar surface area (TPSA) is 55.1 Å². The number of nitrogens with one attached hydrogen (secondary N) is 1. The smallest absolute Gasteiger partial charge is 0.243 e. The lowest BCUT2D eigenvalue weighted by Gasteiger charge is -2.42. The van der Waals surface area contributed by atoms with Crippen molar-refractivity contribution in [1.29, 1.82) is 0 Å². The molecule has 0 heterocycles. The minimum absolute atomic E-state index is 0.218. The largest absolute Gasteiger partial charge is 0.369 e. The SMILES string of the molecule is CC1(C)CCC(Nc2ccccc2F)(C(N)=O)CC1. The average molecular weight is 264 g/mol. The maximum absolute atomic E-state index is 13.7. The molecule has 0 aliphatic heterocycles. The number of halogens is 1. The molecule has 1 fully saturated rings. The van der Waals surface area contributed by atoms with Crippen molar-refractivity contribution < 1.29 is 9.18 Å². The van der Waals surface area contributed by atoms with Crippen molar-refractivity contribution in [1.82, 2.24) is 0 Å². The summed E-state index contributed by atoms with van der Waals surface area (Å²) in [7, 11) is 0. The summed E-state index contributed by atoms with van der Waals surface area (Å²) in [5.41, 5.74) is 5.31. The van der Waals surface area contributed by atoms with Crippen molar-refractivity contribution in [2.45, 2.75) is 45.1 Å². The molecule has 1 aliphatic carbocycles. The Kier molecular flexibility index (Phi) is 3.52. The molecule has 0 saturated heterocycles. The first-order valence-corrected chi connectivity index (χ1v) is 6.67. The van der Waals surface area contributed by atoms with Crippen molar-refractivity contribution in [2.24, 2.45) is 11.1 Å². The maximum atomic E-state index is 13.7. The number of amides is 1. The van der Waals surface area contributed by atoms with E-state index in [1.807, 2.05) is 0 Å². The van der Waals surface area contributed by atoms with Crippen LogP contribution in [0, 0.1) is 11.2 Å². The van der Waals surface area contributed by atoms with E-state index in [2.05, 4.69) is 19.2 Å². The summed E-state index contributed by atoms with van der Waals surface area (Å²) in [6.45, 7) is 4.36. The molecule has 1 aromatic carbocycles. The van der Waals surface area contributed by atoms with Gasteiger partial charge in [-0.25, -0.2) is 4.39 Å². The summed E-state index contributed by atoms with van der Waals surface area (Å²) >= 11 is 0. The van der Waals surface area contributed by atoms with Crippen molar-refractivity contribution in [3.8, 4) is 0 Å². The lowest BCUT2D eigenvalue weighted by Crippen LogP contribution is -2.53. The van der Waals surface area contributed by atoms with E-state index in [4.69, 9.17) is 5.73 Å². The van der Waals surface area contributed by atoms with Gasteiger partial charge in [-0.1, -0.05) is 26.0 Å². The van der Waals surface area contributed by atoms with Crippen LogP contribution in [0.5, 0.6) is 0 Å². The van der Waals surface area contributed by atoms with Crippen LogP contribution in [0.2, 0.25) is 0 Å². The van der Waals surface area contributed by atoms with E-state index < -0.39 is 11.4 Å². The molecule has 0 atom stereocenters. The van der Waals surface area contributed by atoms with Crippen LogP contribution in [0.3, 0.4) is 0 Å². The molecule has 3 nitrogen and oxygen atoms in total. The van der Waals surface area contributed by atoms with E-state index in [9.17, 15) is 9.18 Å². The van der Waals surface area contributed by atoms with Gasteiger partial charge in [-0.3, -0.25) is 4.79 Å². The lowest BCUT2D eigenvalue weighted by atomic mass is 9.69. The van der Waals surface area contributed by atoms with Crippen molar-refractivity contribution >= 4 is 11.6 Å². The molecule has 0 spiro atoms. The van der Waals surface area contributed by atoms with Crippen LogP contribution in [0.25, 0.3) is 0 Å². The Balaban J connectivity index is 2.23. The highest BCUT2D eigenvalue weighted by molar-refractivity contribution is 5.88. The van der Waals surface area contributed by atoms with Crippen LogP contribution in [0.4, 0.5) is 10.1 Å². The van der Waals surface area contributed by atoms with Gasteiger partial charge in [0.05, 0.1) is 5.69 Å². The lowest BCUT2D eigenvalue weighted by molar-refractivity contribution is -0.124. The van der Waals surface area contributed by atoms with Crippen LogP contribution in [-0.4, -0.2) is 11.4 Å². The summed E-state index contributed by atoms with van der Waals surface area (Å²) in [4.78, 5) is 11.8. The summed E-state index contributed by atoms with van der Waals surface area (Å²) in [6.07, 6.45) is 3.09. The monoisotopic (exact) mass is 264 g/mol. The van der Waals surface area contributed by atoms with Crippen LogP contribution in [0.15, 0.2) is 24.3 Å². The van der Waals surface area contributed by atoms with Gasteiger partial charge in [0.25, 0.3) is 0 Å². The normalized spacial score (nSPS) is 20.8. The second-order valence-electron chi connectivity index (χ2n) is 6.22. The first-order chi connectivity index (χ1) is 8.85. The van der Waals surface area contributed by atoms with Gasteiger partial charge in [0.1, 0.15) is 11.4 Å². The fourth-order valence-corrected chi connectivity index (χ4v) is 2.61. The Morgan fingerprint density at radius 1 is 1.21 bits per heavy atom. The molecule has 1 saturated carbocycles. The fourth-order valence-electron chi connectivity index (χ4n) is 2.61. The van der Waals surface area contributed by atoms with E-state index in [0.717, 1.165) is 12.8 Å². The maximum Gasteiger partial charge on any atom is 0.243 e. The number of hydrogen-bond donors (Lipinski definition) is 2. The highest BCUT2D eigenvalue weighted by Gasteiger charge is 2.43. The molecule has 0 unspecified atom stereocenters. The van der Waals surface area contributed by atoms with Crippen molar-refractivity contribution in [2.75, 3.05) is 5.32 Å². The zero-order valence-corrected chi connectivity index (χ0v) is 11.5. The summed E-state index contributed by atoms with van der Waals surface area (Å²) in [5, 5.41) is 3.05. The first kappa shape index (κ1) is 13.8. The van der Waals surface area contributed by atoms with E-state index >= 15 is 0 Å². The van der Waals surface area contributed by atoms with Gasteiger partial charge in [0, 0.05) is 0 Å². The van der Waals surface area contributed by atoms with E-state index in [1.165, 1.54) is 6.07 Å². The summed E-state index contributed by atoms with van der Waals surface area (Å²) in [5.74, 6) is -0.751. The van der Waals surface area contributed by atoms with Crippen molar-refractivity contribution in [3.05, 3.63) is 30.1 Å². The van der Waals surface area contributed by atoms with Gasteiger partial charge in [-0.2, -0.15) is 0 Å². The van der Waals surface area contributed by atoms with Gasteiger partial charge < -0.3 is 11.1 Å². The van der Waals surface area contributed by atoms with Gasteiger partial charge in [-0.15, -0.1) is 0 Å². The summed E-state index contributed by atoms with van der Waals surface area (Å²) < 4.78 is 13.7. The van der Waals surface area contributed by atoms with E-state index in [-0.39, 0.29) is 11.2 Å². The average Bonchev–Trinajstić information content (AvgIpc) is 2.34. The van der Waals surface area contributed by atoms with Crippen LogP contribution >= 0.6 is 0 Å². The predicted molar refractivity (Wildman–Crippen MR) is 74.2 cm³/mol. The molecule has 3 N–H and O–H groups in total. The third kappa shape index (κ3) is 2.88. The molecule has 0 bridgehead atoms. The second-order valence-corrected chi connectivity index (χ2v) is 6.22. The molecule has 1 aliphatic rings. The highest BCUT2D eigenvalue weighted by Crippen LogP contribution is 2.41. The molecule has 1 amide bonds. The minimum atomic E-state index is -0.822. The van der Waals surface area contributed by atoms with Crippen LogP contribution < -0.4 is 11.1 Å².